The van der Waals surface area contributed by atoms with E-state index in [0.717, 1.165) is 50.5 Å². The Kier molecular flexibility index (Phi) is 9.81. The fourth-order valence-corrected chi connectivity index (χ4v) is 11.9. The van der Waals surface area contributed by atoms with Crippen molar-refractivity contribution in [2.45, 2.75) is 126 Å². The predicted octanol–water partition coefficient (Wildman–Crippen LogP) is 8.27. The molecule has 5 aliphatic rings. The minimum atomic E-state index is -0.606. The topological polar surface area (TPSA) is 99.1 Å². The largest absolute Gasteiger partial charge is 0.464 e. The Labute approximate surface area is 300 Å². The van der Waals surface area contributed by atoms with Gasteiger partial charge in [0.05, 0.1) is 24.7 Å². The van der Waals surface area contributed by atoms with Crippen LogP contribution >= 0.6 is 0 Å². The number of aliphatic hydroxyl groups excluding tert-OH is 1. The zero-order chi connectivity index (χ0) is 36.3. The van der Waals surface area contributed by atoms with Crippen LogP contribution < -0.4 is 0 Å². The first-order chi connectivity index (χ1) is 23.4. The summed E-state index contributed by atoms with van der Waals surface area (Å²) < 4.78 is 17.3. The summed E-state index contributed by atoms with van der Waals surface area (Å²) in [6, 6.07) is 9.86. The van der Waals surface area contributed by atoms with E-state index in [9.17, 15) is 19.5 Å². The minimum Gasteiger partial charge on any atom is -0.464 e. The highest BCUT2D eigenvalue weighted by molar-refractivity contribution is 5.95. The number of ketones is 1. The quantitative estimate of drug-likeness (QED) is 0.261. The van der Waals surface area contributed by atoms with Gasteiger partial charge in [-0.3, -0.25) is 9.59 Å². The van der Waals surface area contributed by atoms with Gasteiger partial charge in [-0.05, 0) is 116 Å². The molecule has 7 heteroatoms. The Balaban J connectivity index is 1.26. The molecular formula is C43H62O7. The van der Waals surface area contributed by atoms with Crippen molar-refractivity contribution >= 4 is 17.7 Å². The lowest BCUT2D eigenvalue weighted by atomic mass is 9.33. The Morgan fingerprint density at radius 3 is 2.30 bits per heavy atom. The number of benzene rings is 1. The van der Waals surface area contributed by atoms with Crippen LogP contribution in [0.1, 0.15) is 119 Å². The van der Waals surface area contributed by atoms with Crippen LogP contribution in [0, 0.1) is 56.2 Å². The Hall–Kier alpha value is -2.51. The lowest BCUT2D eigenvalue weighted by molar-refractivity contribution is -0.216. The number of aliphatic hydroxyl groups is 1. The normalized spacial score (nSPS) is 42.4. The van der Waals surface area contributed by atoms with Gasteiger partial charge in [0.1, 0.15) is 13.2 Å². The van der Waals surface area contributed by atoms with Crippen molar-refractivity contribution in [1.82, 2.24) is 0 Å². The smallest absolute Gasteiger partial charge is 0.332 e. The number of allylic oxidation sites excluding steroid dienone is 2. The maximum atomic E-state index is 14.8. The van der Waals surface area contributed by atoms with Crippen molar-refractivity contribution in [1.29, 1.82) is 0 Å². The summed E-state index contributed by atoms with van der Waals surface area (Å²) in [5.74, 6) is -0.0256. The fourth-order valence-electron chi connectivity index (χ4n) is 11.9. The maximum absolute atomic E-state index is 14.8. The Morgan fingerprint density at radius 2 is 1.60 bits per heavy atom. The highest BCUT2D eigenvalue weighted by atomic mass is 16.6. The van der Waals surface area contributed by atoms with E-state index in [-0.39, 0.29) is 82.9 Å². The first-order valence-electron chi connectivity index (χ1n) is 19.3. The van der Waals surface area contributed by atoms with E-state index in [0.29, 0.717) is 19.4 Å². The molecule has 276 valence electrons. The SMILES string of the molecule is CC(C)COC(=O)COC[C@@]1(C)C2CC[C@]3(C)[C@H](C(=O)C=C4[C@@H]5C[C@@](C)(C(=O)OCc6ccccc6)CC[C@]5(C)CC[C@]43C)[C@@]2(C)CC[C@@H]1O. The first-order valence-corrected chi connectivity index (χ1v) is 19.3. The molecule has 5 aliphatic carbocycles. The van der Waals surface area contributed by atoms with Gasteiger partial charge >= 0.3 is 11.9 Å². The molecule has 0 radical (unpaired) electrons. The summed E-state index contributed by atoms with van der Waals surface area (Å²) in [6.07, 6.45) is 9.16. The summed E-state index contributed by atoms with van der Waals surface area (Å²) in [4.78, 5) is 41.0. The number of carbonyl (C=O) groups is 3. The van der Waals surface area contributed by atoms with Crippen molar-refractivity contribution in [2.75, 3.05) is 19.8 Å². The van der Waals surface area contributed by atoms with Crippen molar-refractivity contribution in [3.8, 4) is 0 Å². The number of ether oxygens (including phenoxy) is 3. The van der Waals surface area contributed by atoms with Crippen LogP contribution in [0.2, 0.25) is 0 Å². The average Bonchev–Trinajstić information content (AvgIpc) is 3.07. The highest BCUT2D eigenvalue weighted by Crippen LogP contribution is 2.75. The number of hydrogen-bond acceptors (Lipinski definition) is 7. The molecule has 1 N–H and O–H groups in total. The molecule has 0 spiro atoms. The van der Waals surface area contributed by atoms with Crippen molar-refractivity contribution < 1.29 is 33.7 Å². The van der Waals surface area contributed by atoms with Crippen LogP contribution in [0.5, 0.6) is 0 Å². The van der Waals surface area contributed by atoms with Gasteiger partial charge < -0.3 is 19.3 Å². The van der Waals surface area contributed by atoms with Gasteiger partial charge in [-0.25, -0.2) is 4.79 Å². The number of rotatable bonds is 9. The van der Waals surface area contributed by atoms with E-state index in [1.807, 2.05) is 50.3 Å². The van der Waals surface area contributed by atoms with Gasteiger partial charge in [-0.15, -0.1) is 0 Å². The van der Waals surface area contributed by atoms with E-state index >= 15 is 0 Å². The molecule has 0 aliphatic heterocycles. The molecule has 1 aromatic carbocycles. The second-order valence-corrected chi connectivity index (χ2v) is 18.9. The first kappa shape index (κ1) is 37.3. The summed E-state index contributed by atoms with van der Waals surface area (Å²) in [6.45, 7) is 18.4. The molecular weight excluding hydrogens is 628 g/mol. The van der Waals surface area contributed by atoms with Gasteiger partial charge in [0.25, 0.3) is 0 Å². The van der Waals surface area contributed by atoms with Crippen molar-refractivity contribution in [3.63, 3.8) is 0 Å². The maximum Gasteiger partial charge on any atom is 0.332 e. The molecule has 6 rings (SSSR count). The number of fused-ring (bicyclic) bond motifs is 7. The summed E-state index contributed by atoms with van der Waals surface area (Å²) >= 11 is 0. The minimum absolute atomic E-state index is 0.0380. The molecule has 0 bridgehead atoms. The molecule has 0 heterocycles. The Bertz CT molecular complexity index is 1500. The summed E-state index contributed by atoms with van der Waals surface area (Å²) in [7, 11) is 0. The molecule has 10 atom stereocenters. The Morgan fingerprint density at radius 1 is 0.900 bits per heavy atom. The van der Waals surface area contributed by atoms with Gasteiger partial charge in [-0.2, -0.15) is 0 Å². The molecule has 0 saturated heterocycles. The van der Waals surface area contributed by atoms with E-state index in [4.69, 9.17) is 14.2 Å². The molecule has 0 aromatic heterocycles. The van der Waals surface area contributed by atoms with E-state index < -0.39 is 16.9 Å². The van der Waals surface area contributed by atoms with Gasteiger partial charge in [0.15, 0.2) is 5.78 Å². The number of carbonyl (C=O) groups excluding carboxylic acids is 3. The predicted molar refractivity (Wildman–Crippen MR) is 193 cm³/mol. The summed E-state index contributed by atoms with van der Waals surface area (Å²) in [5, 5.41) is 11.5. The third kappa shape index (κ3) is 6.00. The highest BCUT2D eigenvalue weighted by Gasteiger charge is 2.70. The average molecular weight is 691 g/mol. The molecule has 0 amide bonds. The van der Waals surface area contributed by atoms with Gasteiger partial charge in [0.2, 0.25) is 0 Å². The van der Waals surface area contributed by atoms with E-state index in [1.165, 1.54) is 5.57 Å². The molecule has 1 unspecified atom stereocenters. The number of hydrogen-bond donors (Lipinski definition) is 1. The lowest BCUT2D eigenvalue weighted by Gasteiger charge is -2.70. The standard InChI is InChI=1S/C43H62O7/c1-28(2)24-49-35(46)26-48-27-41(6)33-14-17-43(8)36(40(33,5)16-15-34(41)45)32(44)22-30-31-23-39(4,19-18-38(31,3)20-21-42(30,43)7)37(47)50-25-29-12-10-9-11-13-29/h9-13,22,28,31,33-34,36,45H,14-21,23-27H2,1-8H3/t31-,33?,34-,36+,38+,39-,40-,41-,42+,43+/m0/s1. The third-order valence-corrected chi connectivity index (χ3v) is 15.3. The van der Waals surface area contributed by atoms with Crippen molar-refractivity contribution in [2.24, 2.45) is 56.2 Å². The lowest BCUT2D eigenvalue weighted by Crippen LogP contribution is -2.67. The monoisotopic (exact) mass is 690 g/mol. The van der Waals surface area contributed by atoms with Crippen LogP contribution in [0.15, 0.2) is 42.0 Å². The van der Waals surface area contributed by atoms with E-state index in [1.54, 1.807) is 0 Å². The second-order valence-electron chi connectivity index (χ2n) is 18.9. The summed E-state index contributed by atoms with van der Waals surface area (Å²) in [5.41, 5.74) is 0.330. The van der Waals surface area contributed by atoms with E-state index in [2.05, 4.69) is 41.5 Å². The van der Waals surface area contributed by atoms with Gasteiger partial charge in [0, 0.05) is 11.3 Å². The third-order valence-electron chi connectivity index (χ3n) is 15.3. The van der Waals surface area contributed by atoms with Crippen LogP contribution in [0.4, 0.5) is 0 Å². The zero-order valence-corrected chi connectivity index (χ0v) is 31.9. The zero-order valence-electron chi connectivity index (χ0n) is 31.9. The molecule has 50 heavy (non-hydrogen) atoms. The molecule has 4 saturated carbocycles. The van der Waals surface area contributed by atoms with Crippen LogP contribution in [-0.2, 0) is 35.2 Å². The second kappa shape index (κ2) is 13.2. The molecule has 1 aromatic rings. The van der Waals surface area contributed by atoms with Gasteiger partial charge in [-0.1, -0.05) is 84.4 Å². The molecule has 4 fully saturated rings. The number of esters is 2. The molecule has 7 nitrogen and oxygen atoms in total. The van der Waals surface area contributed by atoms with Crippen molar-refractivity contribution in [3.05, 3.63) is 47.5 Å². The van der Waals surface area contributed by atoms with Crippen LogP contribution in [0.25, 0.3) is 0 Å². The van der Waals surface area contributed by atoms with Crippen LogP contribution in [-0.4, -0.2) is 48.8 Å². The van der Waals surface area contributed by atoms with Crippen LogP contribution in [0.3, 0.4) is 0 Å². The fraction of sp³-hybridized carbons (Fsp3) is 0.744.